The highest BCUT2D eigenvalue weighted by atomic mass is 32.2. The number of aryl methyl sites for hydroxylation is 1. The molecule has 8 heteroatoms. The fourth-order valence-electron chi connectivity index (χ4n) is 2.59. The van der Waals surface area contributed by atoms with E-state index in [1.807, 2.05) is 48.7 Å². The van der Waals surface area contributed by atoms with E-state index in [4.69, 9.17) is 0 Å². The monoisotopic (exact) mass is 421 g/mol. The predicted molar refractivity (Wildman–Crippen MR) is 107 cm³/mol. The molecule has 1 atom stereocenters. The van der Waals surface area contributed by atoms with Crippen molar-refractivity contribution in [3.8, 4) is 0 Å². The van der Waals surface area contributed by atoms with E-state index in [1.165, 1.54) is 35.6 Å². The van der Waals surface area contributed by atoms with Crippen molar-refractivity contribution in [3.63, 3.8) is 0 Å². The Bertz CT molecular complexity index is 1120. The van der Waals surface area contributed by atoms with Crippen LogP contribution in [-0.4, -0.2) is 23.1 Å². The maximum Gasteiger partial charge on any atom is 0.241 e. The third kappa shape index (κ3) is 4.65. The van der Waals surface area contributed by atoms with Gasteiger partial charge in [-0.1, -0.05) is 35.9 Å². The number of sulfone groups is 1. The first-order valence-electron chi connectivity index (χ1n) is 8.09. The molecule has 0 saturated carbocycles. The molecule has 0 spiro atoms. The van der Waals surface area contributed by atoms with Crippen molar-refractivity contribution in [1.82, 2.24) is 4.72 Å². The Balaban J connectivity index is 1.96. The molecule has 0 saturated heterocycles. The van der Waals surface area contributed by atoms with E-state index in [-0.39, 0.29) is 9.79 Å². The summed E-state index contributed by atoms with van der Waals surface area (Å²) in [7, 11) is -7.23. The zero-order chi connectivity index (χ0) is 19.7. The standard InChI is InChI=1S/C19H19NO4S3/c1-14-5-7-15(8-6-14)19(18-4-3-13-25-18)20-27(23,24)17-11-9-16(10-12-17)26(2,21)22/h3-13,19-20H,1-2H3. The number of hydrogen-bond donors (Lipinski definition) is 1. The van der Waals surface area contributed by atoms with Crippen molar-refractivity contribution in [2.45, 2.75) is 22.8 Å². The summed E-state index contributed by atoms with van der Waals surface area (Å²) in [5.41, 5.74) is 1.92. The number of hydrogen-bond acceptors (Lipinski definition) is 5. The van der Waals surface area contributed by atoms with Gasteiger partial charge in [0.2, 0.25) is 10.0 Å². The van der Waals surface area contributed by atoms with Crippen molar-refractivity contribution in [1.29, 1.82) is 0 Å². The maximum absolute atomic E-state index is 12.9. The van der Waals surface area contributed by atoms with E-state index < -0.39 is 25.9 Å². The lowest BCUT2D eigenvalue weighted by atomic mass is 10.0. The molecule has 1 N–H and O–H groups in total. The van der Waals surface area contributed by atoms with Crippen molar-refractivity contribution >= 4 is 31.2 Å². The number of thiophene rings is 1. The van der Waals surface area contributed by atoms with Gasteiger partial charge in [-0.15, -0.1) is 11.3 Å². The maximum atomic E-state index is 12.9. The Labute approximate surface area is 163 Å². The van der Waals surface area contributed by atoms with Crippen LogP contribution in [0.15, 0.2) is 75.8 Å². The van der Waals surface area contributed by atoms with E-state index in [1.54, 1.807) is 0 Å². The number of nitrogens with one attached hydrogen (secondary N) is 1. The molecular formula is C19H19NO4S3. The van der Waals surface area contributed by atoms with E-state index in [2.05, 4.69) is 4.72 Å². The molecule has 0 aliphatic carbocycles. The van der Waals surface area contributed by atoms with Gasteiger partial charge in [-0.3, -0.25) is 0 Å². The SMILES string of the molecule is Cc1ccc(C(NS(=O)(=O)c2ccc(S(C)(=O)=O)cc2)c2cccs2)cc1. The van der Waals surface area contributed by atoms with Crippen LogP contribution >= 0.6 is 11.3 Å². The molecule has 3 aromatic rings. The Morgan fingerprint density at radius 1 is 0.852 bits per heavy atom. The van der Waals surface area contributed by atoms with Gasteiger partial charge >= 0.3 is 0 Å². The van der Waals surface area contributed by atoms with E-state index in [9.17, 15) is 16.8 Å². The van der Waals surface area contributed by atoms with Crippen molar-refractivity contribution in [2.75, 3.05) is 6.26 Å². The minimum Gasteiger partial charge on any atom is -0.224 e. The first kappa shape index (κ1) is 19.8. The summed E-state index contributed by atoms with van der Waals surface area (Å²) < 4.78 is 51.7. The lowest BCUT2D eigenvalue weighted by molar-refractivity contribution is 0.572. The molecule has 0 amide bonds. The molecule has 1 unspecified atom stereocenters. The van der Waals surface area contributed by atoms with Gasteiger partial charge in [0.25, 0.3) is 0 Å². The molecular weight excluding hydrogens is 402 g/mol. The van der Waals surface area contributed by atoms with Gasteiger partial charge in [0.15, 0.2) is 9.84 Å². The first-order chi connectivity index (χ1) is 12.7. The third-order valence-corrected chi connectivity index (χ3v) is 7.58. The van der Waals surface area contributed by atoms with Crippen molar-refractivity contribution in [2.24, 2.45) is 0 Å². The zero-order valence-corrected chi connectivity index (χ0v) is 17.2. The second kappa shape index (κ2) is 7.55. The van der Waals surface area contributed by atoms with Crippen LogP contribution in [0.4, 0.5) is 0 Å². The average Bonchev–Trinajstić information content (AvgIpc) is 3.14. The summed E-state index contributed by atoms with van der Waals surface area (Å²) in [5, 5.41) is 1.89. The van der Waals surface area contributed by atoms with Crippen LogP contribution < -0.4 is 4.72 Å². The second-order valence-electron chi connectivity index (χ2n) is 6.22. The summed E-state index contributed by atoms with van der Waals surface area (Å²) in [6, 6.07) is 16.1. The molecule has 2 aromatic carbocycles. The third-order valence-electron chi connectivity index (χ3n) is 4.07. The molecule has 3 rings (SSSR count). The van der Waals surface area contributed by atoms with E-state index in [0.29, 0.717) is 0 Å². The quantitative estimate of drug-likeness (QED) is 0.660. The summed E-state index contributed by atoms with van der Waals surface area (Å²) in [6.07, 6.45) is 1.08. The van der Waals surface area contributed by atoms with Crippen molar-refractivity contribution < 1.29 is 16.8 Å². The van der Waals surface area contributed by atoms with Gasteiger partial charge in [-0.2, -0.15) is 4.72 Å². The minimum atomic E-state index is -3.84. The van der Waals surface area contributed by atoms with E-state index in [0.717, 1.165) is 22.3 Å². The molecule has 142 valence electrons. The van der Waals surface area contributed by atoms with Crippen LogP contribution in [0.2, 0.25) is 0 Å². The summed E-state index contributed by atoms with van der Waals surface area (Å²) in [6.45, 7) is 1.97. The number of rotatable bonds is 6. The molecule has 1 aromatic heterocycles. The smallest absolute Gasteiger partial charge is 0.224 e. The fraction of sp³-hybridized carbons (Fsp3) is 0.158. The fourth-order valence-corrected chi connectivity index (χ4v) is 5.31. The Hall–Kier alpha value is -2.00. The predicted octanol–water partition coefficient (Wildman–Crippen LogP) is 3.53. The lowest BCUT2D eigenvalue weighted by Crippen LogP contribution is -2.29. The van der Waals surface area contributed by atoms with Gasteiger partial charge in [0.05, 0.1) is 15.8 Å². The van der Waals surface area contributed by atoms with Crippen LogP contribution in [0.1, 0.15) is 22.0 Å². The highest BCUT2D eigenvalue weighted by Gasteiger charge is 2.24. The zero-order valence-electron chi connectivity index (χ0n) is 14.8. The van der Waals surface area contributed by atoms with Crippen LogP contribution in [0.3, 0.4) is 0 Å². The highest BCUT2D eigenvalue weighted by molar-refractivity contribution is 7.90. The molecule has 5 nitrogen and oxygen atoms in total. The topological polar surface area (TPSA) is 80.3 Å². The van der Waals surface area contributed by atoms with Crippen LogP contribution in [-0.2, 0) is 19.9 Å². The van der Waals surface area contributed by atoms with Gasteiger partial charge < -0.3 is 0 Å². The number of sulfonamides is 1. The lowest BCUT2D eigenvalue weighted by Gasteiger charge is -2.18. The molecule has 27 heavy (non-hydrogen) atoms. The number of benzene rings is 2. The van der Waals surface area contributed by atoms with Crippen LogP contribution in [0.5, 0.6) is 0 Å². The van der Waals surface area contributed by atoms with Gasteiger partial charge in [0.1, 0.15) is 0 Å². The molecule has 0 radical (unpaired) electrons. The van der Waals surface area contributed by atoms with Crippen LogP contribution in [0.25, 0.3) is 0 Å². The summed E-state index contributed by atoms with van der Waals surface area (Å²) in [4.78, 5) is 0.966. The first-order valence-corrected chi connectivity index (χ1v) is 12.3. The molecule has 0 aliphatic heterocycles. The highest BCUT2D eigenvalue weighted by Crippen LogP contribution is 2.28. The van der Waals surface area contributed by atoms with Gasteiger partial charge in [0, 0.05) is 11.1 Å². The van der Waals surface area contributed by atoms with E-state index >= 15 is 0 Å². The van der Waals surface area contributed by atoms with Crippen LogP contribution in [0, 0.1) is 6.92 Å². The Morgan fingerprint density at radius 2 is 1.44 bits per heavy atom. The average molecular weight is 422 g/mol. The summed E-state index contributed by atoms with van der Waals surface area (Å²) in [5.74, 6) is 0. The Morgan fingerprint density at radius 3 is 1.96 bits per heavy atom. The van der Waals surface area contributed by atoms with Gasteiger partial charge in [-0.05, 0) is 48.2 Å². The summed E-state index contributed by atoms with van der Waals surface area (Å²) >= 11 is 1.47. The minimum absolute atomic E-state index is 0.0172. The largest absolute Gasteiger partial charge is 0.241 e. The normalized spacial score (nSPS) is 13.4. The molecule has 0 aliphatic rings. The van der Waals surface area contributed by atoms with Gasteiger partial charge in [-0.25, -0.2) is 16.8 Å². The molecule has 1 heterocycles. The van der Waals surface area contributed by atoms with Crippen molar-refractivity contribution in [3.05, 3.63) is 82.0 Å². The molecule has 0 bridgehead atoms. The molecule has 0 fully saturated rings. The second-order valence-corrected chi connectivity index (χ2v) is 10.9. The Kier molecular flexibility index (Phi) is 5.53.